The number of benzene rings is 2. The zero-order valence-corrected chi connectivity index (χ0v) is 20.6. The first kappa shape index (κ1) is 22.8. The highest BCUT2D eigenvalue weighted by Gasteiger charge is 2.30. The number of piperazine rings is 1. The van der Waals surface area contributed by atoms with E-state index >= 15 is 0 Å². The van der Waals surface area contributed by atoms with Crippen molar-refractivity contribution in [1.82, 2.24) is 14.3 Å². The number of nitrogens with zero attached hydrogens (tertiary/aromatic N) is 4. The Hall–Kier alpha value is -2.97. The minimum atomic E-state index is -3.50. The quantitative estimate of drug-likeness (QED) is 0.593. The lowest BCUT2D eigenvalue weighted by Crippen LogP contribution is -2.49. The summed E-state index contributed by atoms with van der Waals surface area (Å²) < 4.78 is 28.3. The standard InChI is InChI=1S/C26H31N5O2S/c1-19-7-10-23(11-8-19)29-25-18-26(28-20(2)27-25)30-13-15-31(16-14-30)34(32,33)24-12-9-21-5-3-4-6-22(21)17-24/h7-12,17-18H,3-6,13-16H2,1-2H3,(H,27,28,29). The Bertz CT molecular complexity index is 1280. The summed E-state index contributed by atoms with van der Waals surface area (Å²) in [4.78, 5) is 11.7. The first-order chi connectivity index (χ1) is 16.4. The third-order valence-electron chi connectivity index (χ3n) is 6.67. The zero-order chi connectivity index (χ0) is 23.7. The number of nitrogens with one attached hydrogen (secondary N) is 1. The monoisotopic (exact) mass is 477 g/mol. The number of aromatic nitrogens is 2. The average Bonchev–Trinajstić information content (AvgIpc) is 2.85. The van der Waals surface area contributed by atoms with Gasteiger partial charge in [0.25, 0.3) is 0 Å². The van der Waals surface area contributed by atoms with Crippen molar-refractivity contribution in [3.8, 4) is 0 Å². The predicted molar refractivity (Wildman–Crippen MR) is 135 cm³/mol. The van der Waals surface area contributed by atoms with Gasteiger partial charge >= 0.3 is 0 Å². The number of fused-ring (bicyclic) bond motifs is 1. The van der Waals surface area contributed by atoms with E-state index in [0.29, 0.717) is 36.9 Å². The molecule has 1 aliphatic heterocycles. The van der Waals surface area contributed by atoms with Crippen LogP contribution >= 0.6 is 0 Å². The fraction of sp³-hybridized carbons (Fsp3) is 0.385. The van der Waals surface area contributed by atoms with Crippen LogP contribution in [0.25, 0.3) is 0 Å². The summed E-state index contributed by atoms with van der Waals surface area (Å²) in [5, 5.41) is 3.35. The first-order valence-electron chi connectivity index (χ1n) is 11.9. The highest BCUT2D eigenvalue weighted by molar-refractivity contribution is 7.89. The summed E-state index contributed by atoms with van der Waals surface area (Å²) in [6, 6.07) is 15.8. The SMILES string of the molecule is Cc1ccc(Nc2cc(N3CCN(S(=O)(=O)c4ccc5c(c4)CCCC5)CC3)nc(C)n2)cc1. The summed E-state index contributed by atoms with van der Waals surface area (Å²) >= 11 is 0. The number of hydrogen-bond donors (Lipinski definition) is 1. The minimum absolute atomic E-state index is 0.420. The molecule has 0 saturated carbocycles. The van der Waals surface area contributed by atoms with Gasteiger partial charge in [0.05, 0.1) is 4.90 Å². The molecule has 2 heterocycles. The van der Waals surface area contributed by atoms with E-state index in [1.807, 2.05) is 37.3 Å². The van der Waals surface area contributed by atoms with Crippen LogP contribution in [0, 0.1) is 13.8 Å². The van der Waals surface area contributed by atoms with Crippen molar-refractivity contribution in [2.45, 2.75) is 44.4 Å². The fourth-order valence-electron chi connectivity index (χ4n) is 4.74. The van der Waals surface area contributed by atoms with E-state index in [9.17, 15) is 8.42 Å². The number of hydrogen-bond acceptors (Lipinski definition) is 6. The van der Waals surface area contributed by atoms with Crippen LogP contribution in [-0.4, -0.2) is 48.9 Å². The molecule has 1 N–H and O–H groups in total. The van der Waals surface area contributed by atoms with Crippen LogP contribution in [-0.2, 0) is 22.9 Å². The Labute approximate surface area is 201 Å². The van der Waals surface area contributed by atoms with Crippen molar-refractivity contribution in [1.29, 1.82) is 0 Å². The molecular formula is C26H31N5O2S. The number of aryl methyl sites for hydroxylation is 4. The van der Waals surface area contributed by atoms with Crippen LogP contribution in [0.2, 0.25) is 0 Å². The summed E-state index contributed by atoms with van der Waals surface area (Å²) in [6.45, 7) is 5.98. The van der Waals surface area contributed by atoms with Crippen LogP contribution in [0.1, 0.15) is 35.4 Å². The van der Waals surface area contributed by atoms with Crippen LogP contribution in [0.3, 0.4) is 0 Å². The average molecular weight is 478 g/mol. The maximum absolute atomic E-state index is 13.3. The Balaban J connectivity index is 1.28. The van der Waals surface area contributed by atoms with Crippen LogP contribution < -0.4 is 10.2 Å². The molecular weight excluding hydrogens is 446 g/mol. The first-order valence-corrected chi connectivity index (χ1v) is 13.4. The molecule has 1 aliphatic carbocycles. The maximum atomic E-state index is 13.3. The van der Waals surface area contributed by atoms with Crippen molar-refractivity contribution in [2.24, 2.45) is 0 Å². The van der Waals surface area contributed by atoms with Crippen LogP contribution in [0.4, 0.5) is 17.3 Å². The third kappa shape index (κ3) is 4.79. The normalized spacial score (nSPS) is 16.8. The molecule has 1 saturated heterocycles. The van der Waals surface area contributed by atoms with E-state index in [4.69, 9.17) is 0 Å². The Morgan fingerprint density at radius 2 is 1.53 bits per heavy atom. The Morgan fingerprint density at radius 1 is 0.824 bits per heavy atom. The number of rotatable bonds is 5. The van der Waals surface area contributed by atoms with E-state index in [1.165, 1.54) is 23.1 Å². The van der Waals surface area contributed by atoms with Crippen molar-refractivity contribution in [3.05, 3.63) is 71.0 Å². The molecule has 0 amide bonds. The molecule has 0 atom stereocenters. The van der Waals surface area contributed by atoms with Crippen molar-refractivity contribution in [3.63, 3.8) is 0 Å². The van der Waals surface area contributed by atoms with E-state index in [0.717, 1.165) is 36.6 Å². The maximum Gasteiger partial charge on any atom is 0.243 e. The van der Waals surface area contributed by atoms with Gasteiger partial charge in [-0.1, -0.05) is 23.8 Å². The minimum Gasteiger partial charge on any atom is -0.354 e. The summed E-state index contributed by atoms with van der Waals surface area (Å²) in [5.41, 5.74) is 4.66. The zero-order valence-electron chi connectivity index (χ0n) is 19.8. The van der Waals surface area contributed by atoms with Gasteiger partial charge in [-0.2, -0.15) is 4.31 Å². The summed E-state index contributed by atoms with van der Waals surface area (Å²) in [6.07, 6.45) is 4.34. The van der Waals surface area contributed by atoms with Crippen molar-refractivity contribution < 1.29 is 8.42 Å². The number of anilines is 3. The lowest BCUT2D eigenvalue weighted by Gasteiger charge is -2.35. The fourth-order valence-corrected chi connectivity index (χ4v) is 6.21. The van der Waals surface area contributed by atoms with Gasteiger partial charge in [0.15, 0.2) is 0 Å². The van der Waals surface area contributed by atoms with Gasteiger partial charge in [0, 0.05) is 37.9 Å². The molecule has 8 heteroatoms. The largest absolute Gasteiger partial charge is 0.354 e. The van der Waals surface area contributed by atoms with Gasteiger partial charge in [0.2, 0.25) is 10.0 Å². The van der Waals surface area contributed by atoms with Gasteiger partial charge in [-0.25, -0.2) is 18.4 Å². The molecule has 178 valence electrons. The number of sulfonamides is 1. The summed E-state index contributed by atoms with van der Waals surface area (Å²) in [7, 11) is -3.50. The van der Waals surface area contributed by atoms with Crippen LogP contribution in [0.5, 0.6) is 0 Å². The Morgan fingerprint density at radius 3 is 2.26 bits per heavy atom. The van der Waals surface area contributed by atoms with Gasteiger partial charge in [-0.15, -0.1) is 0 Å². The second-order valence-electron chi connectivity index (χ2n) is 9.18. The Kier molecular flexibility index (Phi) is 6.27. The van der Waals surface area contributed by atoms with E-state index in [1.54, 1.807) is 10.4 Å². The van der Waals surface area contributed by atoms with Gasteiger partial charge in [0.1, 0.15) is 17.5 Å². The molecule has 0 unspecified atom stereocenters. The molecule has 0 radical (unpaired) electrons. The molecule has 1 fully saturated rings. The second-order valence-corrected chi connectivity index (χ2v) is 11.1. The van der Waals surface area contributed by atoms with Gasteiger partial charge in [-0.3, -0.25) is 0 Å². The molecule has 5 rings (SSSR count). The molecule has 2 aliphatic rings. The van der Waals surface area contributed by atoms with Crippen LogP contribution in [0.15, 0.2) is 53.4 Å². The third-order valence-corrected chi connectivity index (χ3v) is 8.56. The molecule has 1 aromatic heterocycles. The molecule has 0 spiro atoms. The lowest BCUT2D eigenvalue weighted by atomic mass is 9.92. The smallest absolute Gasteiger partial charge is 0.243 e. The molecule has 34 heavy (non-hydrogen) atoms. The molecule has 2 aromatic carbocycles. The lowest BCUT2D eigenvalue weighted by molar-refractivity contribution is 0.383. The predicted octanol–water partition coefficient (Wildman–Crippen LogP) is 4.23. The van der Waals surface area contributed by atoms with Gasteiger partial charge < -0.3 is 10.2 Å². The van der Waals surface area contributed by atoms with Gasteiger partial charge in [-0.05, 0) is 74.9 Å². The summed E-state index contributed by atoms with van der Waals surface area (Å²) in [5.74, 6) is 2.22. The van der Waals surface area contributed by atoms with E-state index in [2.05, 4.69) is 39.2 Å². The van der Waals surface area contributed by atoms with Crippen molar-refractivity contribution in [2.75, 3.05) is 36.4 Å². The highest BCUT2D eigenvalue weighted by Crippen LogP contribution is 2.27. The van der Waals surface area contributed by atoms with E-state index < -0.39 is 10.0 Å². The molecule has 0 bridgehead atoms. The van der Waals surface area contributed by atoms with E-state index in [-0.39, 0.29) is 0 Å². The topological polar surface area (TPSA) is 78.4 Å². The van der Waals surface area contributed by atoms with Crippen molar-refractivity contribution >= 4 is 27.3 Å². The highest BCUT2D eigenvalue weighted by atomic mass is 32.2. The molecule has 3 aromatic rings. The second kappa shape index (κ2) is 9.35. The molecule has 7 nitrogen and oxygen atoms in total.